The average Bonchev–Trinajstić information content (AvgIpc) is 1.88. The second-order valence-electron chi connectivity index (χ2n) is 2.24. The molecule has 56 valence electrons. The molecule has 0 spiro atoms. The molecule has 3 heteroatoms. The fourth-order valence-electron chi connectivity index (χ4n) is 0.840. The van der Waals surface area contributed by atoms with E-state index >= 15 is 0 Å². The third kappa shape index (κ3) is 1.53. The van der Waals surface area contributed by atoms with Crippen molar-refractivity contribution in [1.29, 1.82) is 0 Å². The first-order valence-corrected chi connectivity index (χ1v) is 4.31. The normalized spacial score (nSPS) is 19.9. The van der Waals surface area contributed by atoms with E-state index in [9.17, 15) is 4.79 Å². The van der Waals surface area contributed by atoms with Crippen LogP contribution in [0.2, 0.25) is 0 Å². The highest BCUT2D eigenvalue weighted by Gasteiger charge is 2.18. The van der Waals surface area contributed by atoms with Crippen LogP contribution in [0.25, 0.3) is 0 Å². The summed E-state index contributed by atoms with van der Waals surface area (Å²) in [4.78, 5) is 13.9. The van der Waals surface area contributed by atoms with Crippen molar-refractivity contribution in [2.75, 3.05) is 12.4 Å². The van der Waals surface area contributed by atoms with Crippen molar-refractivity contribution in [1.82, 2.24) is 4.90 Å². The second kappa shape index (κ2) is 3.10. The molecule has 1 amide bonds. The van der Waals surface area contributed by atoms with Gasteiger partial charge in [-0.3, -0.25) is 4.79 Å². The Morgan fingerprint density at radius 2 is 2.50 bits per heavy atom. The lowest BCUT2D eigenvalue weighted by Crippen LogP contribution is -2.33. The van der Waals surface area contributed by atoms with Crippen LogP contribution in [0.4, 0.5) is 0 Å². The summed E-state index contributed by atoms with van der Waals surface area (Å²) in [6.45, 7) is 6.56. The molecule has 2 nitrogen and oxygen atoms in total. The van der Waals surface area contributed by atoms with Gasteiger partial charge < -0.3 is 4.90 Å². The predicted octanol–water partition coefficient (Wildman–Crippen LogP) is 1.44. The minimum absolute atomic E-state index is 0.214. The molecule has 1 saturated heterocycles. The van der Waals surface area contributed by atoms with E-state index in [0.29, 0.717) is 6.42 Å². The lowest BCUT2D eigenvalue weighted by Gasteiger charge is -2.25. The Bertz CT molecular complexity index is 167. The van der Waals surface area contributed by atoms with Gasteiger partial charge in [0.15, 0.2) is 0 Å². The fraction of sp³-hybridized carbons (Fsp3) is 0.571. The summed E-state index contributed by atoms with van der Waals surface area (Å²) in [5.41, 5.74) is 0. The Morgan fingerprint density at radius 3 is 3.00 bits per heavy atom. The number of nitrogens with zero attached hydrogens (tertiary/aromatic N) is 1. The third-order valence-corrected chi connectivity index (χ3v) is 2.50. The highest BCUT2D eigenvalue weighted by atomic mass is 32.2. The first kappa shape index (κ1) is 7.66. The summed E-state index contributed by atoms with van der Waals surface area (Å²) >= 11 is 1.67. The van der Waals surface area contributed by atoms with E-state index in [0.717, 1.165) is 17.3 Å². The number of rotatable bonds is 1. The Morgan fingerprint density at radius 1 is 1.80 bits per heavy atom. The number of carbonyl (C=O) groups is 1. The minimum atomic E-state index is 0.214. The fourth-order valence-corrected chi connectivity index (χ4v) is 1.73. The monoisotopic (exact) mass is 157 g/mol. The molecular formula is C7H11NOS. The number of carbonyl (C=O) groups excluding carboxylic acids is 1. The van der Waals surface area contributed by atoms with Crippen LogP contribution in [0.3, 0.4) is 0 Å². The van der Waals surface area contributed by atoms with Crippen LogP contribution in [0.5, 0.6) is 0 Å². The molecule has 10 heavy (non-hydrogen) atoms. The first-order chi connectivity index (χ1) is 4.74. The summed E-state index contributed by atoms with van der Waals surface area (Å²) < 4.78 is 0. The maximum atomic E-state index is 11.1. The Kier molecular flexibility index (Phi) is 2.38. The summed E-state index contributed by atoms with van der Waals surface area (Å²) in [5, 5.41) is 0. The zero-order valence-electron chi connectivity index (χ0n) is 6.09. The SMILES string of the molecule is C=C1CC(=O)N(CC)CS1. The van der Waals surface area contributed by atoms with Gasteiger partial charge in [-0.2, -0.15) is 0 Å². The number of hydrogen-bond donors (Lipinski definition) is 0. The van der Waals surface area contributed by atoms with Crippen LogP contribution in [-0.4, -0.2) is 23.2 Å². The Hall–Kier alpha value is -0.440. The molecule has 1 heterocycles. The van der Waals surface area contributed by atoms with Gasteiger partial charge >= 0.3 is 0 Å². The van der Waals surface area contributed by atoms with Crippen molar-refractivity contribution in [3.63, 3.8) is 0 Å². The molecule has 0 aromatic heterocycles. The number of amides is 1. The largest absolute Gasteiger partial charge is 0.333 e. The van der Waals surface area contributed by atoms with Crippen LogP contribution in [-0.2, 0) is 4.79 Å². The molecule has 0 bridgehead atoms. The predicted molar refractivity (Wildman–Crippen MR) is 43.6 cm³/mol. The van der Waals surface area contributed by atoms with Gasteiger partial charge in [0.1, 0.15) is 0 Å². The molecule has 0 N–H and O–H groups in total. The van der Waals surface area contributed by atoms with Gasteiger partial charge in [-0.25, -0.2) is 0 Å². The average molecular weight is 157 g/mol. The molecule has 1 rings (SSSR count). The van der Waals surface area contributed by atoms with Crippen molar-refractivity contribution in [2.24, 2.45) is 0 Å². The zero-order valence-corrected chi connectivity index (χ0v) is 6.91. The smallest absolute Gasteiger partial charge is 0.228 e. The van der Waals surface area contributed by atoms with E-state index in [-0.39, 0.29) is 5.91 Å². The van der Waals surface area contributed by atoms with Crippen LogP contribution in [0.15, 0.2) is 11.5 Å². The van der Waals surface area contributed by atoms with Gasteiger partial charge in [-0.15, -0.1) is 11.8 Å². The topological polar surface area (TPSA) is 20.3 Å². The molecule has 0 aromatic carbocycles. The summed E-state index contributed by atoms with van der Waals surface area (Å²) in [6, 6.07) is 0. The maximum absolute atomic E-state index is 11.1. The lowest BCUT2D eigenvalue weighted by atomic mass is 10.3. The third-order valence-electron chi connectivity index (χ3n) is 1.51. The Labute approximate surface area is 65.3 Å². The van der Waals surface area contributed by atoms with E-state index in [1.54, 1.807) is 11.8 Å². The van der Waals surface area contributed by atoms with Gasteiger partial charge in [0.25, 0.3) is 0 Å². The van der Waals surface area contributed by atoms with Crippen LogP contribution >= 0.6 is 11.8 Å². The first-order valence-electron chi connectivity index (χ1n) is 3.32. The van der Waals surface area contributed by atoms with E-state index in [4.69, 9.17) is 0 Å². The summed E-state index contributed by atoms with van der Waals surface area (Å²) in [6.07, 6.45) is 0.526. The van der Waals surface area contributed by atoms with Crippen molar-refractivity contribution in [3.8, 4) is 0 Å². The molecule has 1 aliphatic heterocycles. The molecule has 0 aromatic rings. The van der Waals surface area contributed by atoms with Crippen molar-refractivity contribution < 1.29 is 4.79 Å². The quantitative estimate of drug-likeness (QED) is 0.574. The van der Waals surface area contributed by atoms with E-state index in [1.165, 1.54) is 0 Å². The highest BCUT2D eigenvalue weighted by Crippen LogP contribution is 2.24. The number of thioether (sulfide) groups is 1. The molecule has 1 aliphatic rings. The van der Waals surface area contributed by atoms with Crippen molar-refractivity contribution in [3.05, 3.63) is 11.5 Å². The molecule has 0 aliphatic carbocycles. The van der Waals surface area contributed by atoms with E-state index in [1.807, 2.05) is 11.8 Å². The van der Waals surface area contributed by atoms with Gasteiger partial charge in [-0.1, -0.05) is 6.58 Å². The van der Waals surface area contributed by atoms with E-state index < -0.39 is 0 Å². The molecule has 0 atom stereocenters. The molecule has 1 fully saturated rings. The van der Waals surface area contributed by atoms with Gasteiger partial charge in [0.05, 0.1) is 12.3 Å². The molecule has 0 saturated carbocycles. The summed E-state index contributed by atoms with van der Waals surface area (Å²) in [5.74, 6) is 1.00. The van der Waals surface area contributed by atoms with E-state index in [2.05, 4.69) is 6.58 Å². The Balaban J connectivity index is 2.51. The number of hydrogen-bond acceptors (Lipinski definition) is 2. The van der Waals surface area contributed by atoms with Crippen LogP contribution in [0, 0.1) is 0 Å². The molecule has 0 radical (unpaired) electrons. The van der Waals surface area contributed by atoms with Gasteiger partial charge in [0.2, 0.25) is 5.91 Å². The summed E-state index contributed by atoms with van der Waals surface area (Å²) in [7, 11) is 0. The van der Waals surface area contributed by atoms with Crippen LogP contribution < -0.4 is 0 Å². The highest BCUT2D eigenvalue weighted by molar-refractivity contribution is 8.03. The van der Waals surface area contributed by atoms with Crippen molar-refractivity contribution >= 4 is 17.7 Å². The minimum Gasteiger partial charge on any atom is -0.333 e. The lowest BCUT2D eigenvalue weighted by molar-refractivity contribution is -0.129. The van der Waals surface area contributed by atoms with Crippen molar-refractivity contribution in [2.45, 2.75) is 13.3 Å². The molecular weight excluding hydrogens is 146 g/mol. The van der Waals surface area contributed by atoms with Gasteiger partial charge in [0, 0.05) is 6.54 Å². The second-order valence-corrected chi connectivity index (χ2v) is 3.36. The molecule has 0 unspecified atom stereocenters. The van der Waals surface area contributed by atoms with Gasteiger partial charge in [-0.05, 0) is 11.8 Å². The van der Waals surface area contributed by atoms with Crippen LogP contribution in [0.1, 0.15) is 13.3 Å². The zero-order chi connectivity index (χ0) is 7.56. The standard InChI is InChI=1S/C7H11NOS/c1-3-8-5-10-6(2)4-7(8)9/h2-5H2,1H3. The maximum Gasteiger partial charge on any atom is 0.228 e.